The topological polar surface area (TPSA) is 88.2 Å². The predicted molar refractivity (Wildman–Crippen MR) is 68.4 cm³/mol. The molecule has 0 aromatic carbocycles. The monoisotopic (exact) mass is 336 g/mol. The largest absolute Gasteiger partial charge is 0.396 e. The Morgan fingerprint density at radius 2 is 2.19 bits per heavy atom. The Labute approximate surface area is 107 Å². The summed E-state index contributed by atoms with van der Waals surface area (Å²) in [4.78, 5) is 3.98. The van der Waals surface area contributed by atoms with Crippen LogP contribution >= 0.6 is 22.9 Å². The van der Waals surface area contributed by atoms with E-state index < -0.39 is 0 Å². The summed E-state index contributed by atoms with van der Waals surface area (Å²) in [5.74, 6) is 1.23. The van der Waals surface area contributed by atoms with Gasteiger partial charge in [-0.15, -0.1) is 10.2 Å². The minimum absolute atomic E-state index is 0.0256. The first-order valence-electron chi connectivity index (χ1n) is 4.89. The Hall–Kier alpha value is -1.03. The summed E-state index contributed by atoms with van der Waals surface area (Å²) in [5.41, 5.74) is 0.561. The second kappa shape index (κ2) is 6.53. The summed E-state index contributed by atoms with van der Waals surface area (Å²) in [6, 6.07) is 0. The molecule has 8 heteroatoms. The van der Waals surface area contributed by atoms with E-state index in [-0.39, 0.29) is 6.61 Å². The molecule has 0 aliphatic heterocycles. The van der Waals surface area contributed by atoms with Gasteiger partial charge in [-0.25, -0.2) is 4.98 Å². The Morgan fingerprint density at radius 3 is 2.81 bits per heavy atom. The predicted octanol–water partition coefficient (Wildman–Crippen LogP) is 0.842. The molecule has 2 heterocycles. The zero-order chi connectivity index (χ0) is 12.0. The fourth-order valence-electron chi connectivity index (χ4n) is 1.10. The van der Waals surface area contributed by atoms with Crippen molar-refractivity contribution in [3.8, 4) is 0 Å². The Bertz CT molecular complexity index is 445. The molecule has 16 heavy (non-hydrogen) atoms. The van der Waals surface area contributed by atoms with Crippen molar-refractivity contribution in [2.24, 2.45) is 0 Å². The molecule has 0 saturated carbocycles. The molecule has 0 aliphatic rings. The zero-order valence-electron chi connectivity index (χ0n) is 9.05. The molecule has 88 valence electrons. The van der Waals surface area contributed by atoms with Crippen LogP contribution in [0.3, 0.4) is 0 Å². The molecule has 2 aromatic heterocycles. The molecule has 2 aromatic rings. The number of nitrogens with one attached hydrogen (secondary N) is 1. The van der Waals surface area contributed by atoms with E-state index in [1.54, 1.807) is 4.52 Å². The van der Waals surface area contributed by atoms with Crippen LogP contribution < -0.4 is 3.53 Å². The molecule has 0 amide bonds. The van der Waals surface area contributed by atoms with Gasteiger partial charge >= 0.3 is 0 Å². The average molecular weight is 336 g/mol. The summed E-state index contributed by atoms with van der Waals surface area (Å²) >= 11 is 1.96. The maximum atomic E-state index is 8.78. The highest BCUT2D eigenvalue weighted by Crippen LogP contribution is 2.12. The van der Waals surface area contributed by atoms with Crippen molar-refractivity contribution in [1.29, 1.82) is 0 Å². The molecule has 0 unspecified atom stereocenters. The van der Waals surface area contributed by atoms with E-state index in [0.29, 0.717) is 23.7 Å². The Morgan fingerprint density at radius 1 is 1.44 bits per heavy atom. The third-order valence-corrected chi connectivity index (χ3v) is 2.21. The van der Waals surface area contributed by atoms with Crippen LogP contribution in [0, 0.1) is 0 Å². The average Bonchev–Trinajstić information content (AvgIpc) is 2.76. The summed E-state index contributed by atoms with van der Waals surface area (Å²) in [7, 11) is 0. The second-order valence-corrected chi connectivity index (χ2v) is 3.07. The van der Waals surface area contributed by atoms with Gasteiger partial charge in [-0.2, -0.15) is 9.61 Å². The number of hydrogen-bond donors (Lipinski definition) is 2. The van der Waals surface area contributed by atoms with Gasteiger partial charge in [0.25, 0.3) is 0 Å². The number of rotatable bonds is 3. The number of anilines is 1. The molecule has 0 atom stereocenters. The van der Waals surface area contributed by atoms with Crippen molar-refractivity contribution in [2.45, 2.75) is 20.3 Å². The van der Waals surface area contributed by atoms with E-state index in [0.717, 1.165) is 0 Å². The zero-order valence-corrected chi connectivity index (χ0v) is 11.2. The van der Waals surface area contributed by atoms with Crippen molar-refractivity contribution in [2.75, 3.05) is 10.1 Å². The van der Waals surface area contributed by atoms with Crippen LogP contribution in [-0.4, -0.2) is 36.5 Å². The fraction of sp³-hybridized carbons (Fsp3) is 0.500. The highest BCUT2D eigenvalue weighted by atomic mass is 127. The lowest BCUT2D eigenvalue weighted by molar-refractivity contribution is 0.295. The van der Waals surface area contributed by atoms with Gasteiger partial charge in [-0.05, 0) is 0 Å². The van der Waals surface area contributed by atoms with E-state index in [2.05, 4.69) is 23.8 Å². The maximum Gasteiger partial charge on any atom is 0.221 e. The lowest BCUT2D eigenvalue weighted by Gasteiger charge is -1.98. The van der Waals surface area contributed by atoms with Crippen molar-refractivity contribution >= 4 is 34.3 Å². The van der Waals surface area contributed by atoms with Gasteiger partial charge in [0.2, 0.25) is 5.65 Å². The maximum absolute atomic E-state index is 8.78. The highest BCUT2D eigenvalue weighted by molar-refractivity contribution is 14.1. The third kappa shape index (κ3) is 2.55. The van der Waals surface area contributed by atoms with Crippen molar-refractivity contribution < 1.29 is 5.11 Å². The summed E-state index contributed by atoms with van der Waals surface area (Å²) in [6.07, 6.45) is 1.84. The molecule has 2 rings (SSSR count). The van der Waals surface area contributed by atoms with E-state index in [4.69, 9.17) is 5.11 Å². The number of aliphatic hydroxyl groups is 1. The minimum atomic E-state index is 0.0256. The smallest absolute Gasteiger partial charge is 0.221 e. The quantitative estimate of drug-likeness (QED) is 0.638. The van der Waals surface area contributed by atoms with Gasteiger partial charge in [0.15, 0.2) is 11.6 Å². The molecule has 0 fully saturated rings. The normalized spacial score (nSPS) is 9.75. The van der Waals surface area contributed by atoms with Crippen LogP contribution in [0.1, 0.15) is 19.7 Å². The molecular weight excluding hydrogens is 323 g/mol. The molecule has 0 aliphatic carbocycles. The Kier molecular flexibility index (Phi) is 5.32. The van der Waals surface area contributed by atoms with Crippen LogP contribution in [0.4, 0.5) is 5.82 Å². The van der Waals surface area contributed by atoms with Gasteiger partial charge in [0, 0.05) is 6.42 Å². The van der Waals surface area contributed by atoms with E-state index in [1.165, 1.54) is 6.33 Å². The second-order valence-electron chi connectivity index (χ2n) is 2.53. The van der Waals surface area contributed by atoms with Crippen LogP contribution in [0.15, 0.2) is 6.33 Å². The first-order valence-corrected chi connectivity index (χ1v) is 5.97. The van der Waals surface area contributed by atoms with Crippen LogP contribution in [0.2, 0.25) is 0 Å². The van der Waals surface area contributed by atoms with Gasteiger partial charge in [-0.1, -0.05) is 13.8 Å². The molecule has 0 bridgehead atoms. The van der Waals surface area contributed by atoms with Crippen molar-refractivity contribution in [3.05, 3.63) is 12.2 Å². The molecule has 2 N–H and O–H groups in total. The number of hydrogen-bond acceptors (Lipinski definition) is 6. The van der Waals surface area contributed by atoms with Crippen LogP contribution in [0.5, 0.6) is 0 Å². The number of halogens is 1. The van der Waals surface area contributed by atoms with Crippen molar-refractivity contribution in [3.63, 3.8) is 0 Å². The Balaban J connectivity index is 0.000000606. The first-order chi connectivity index (χ1) is 7.86. The van der Waals surface area contributed by atoms with Crippen LogP contribution in [0.25, 0.3) is 5.65 Å². The van der Waals surface area contributed by atoms with Gasteiger partial charge < -0.3 is 8.64 Å². The summed E-state index contributed by atoms with van der Waals surface area (Å²) in [6.45, 7) is 4.03. The first kappa shape index (κ1) is 13.0. The third-order valence-electron chi connectivity index (χ3n) is 1.70. The highest BCUT2D eigenvalue weighted by Gasteiger charge is 2.09. The van der Waals surface area contributed by atoms with Gasteiger partial charge in [-0.3, -0.25) is 0 Å². The number of nitrogens with zero attached hydrogens (tertiary/aromatic N) is 5. The number of aromatic nitrogens is 5. The van der Waals surface area contributed by atoms with Gasteiger partial charge in [0.05, 0.1) is 29.5 Å². The van der Waals surface area contributed by atoms with E-state index in [1.807, 2.05) is 36.7 Å². The number of aliphatic hydroxyl groups excluding tert-OH is 1. The summed E-state index contributed by atoms with van der Waals surface area (Å²) in [5, 5.41) is 20.6. The molecular formula is C8H13IN6O. The van der Waals surface area contributed by atoms with Crippen LogP contribution in [-0.2, 0) is 6.42 Å². The van der Waals surface area contributed by atoms with Gasteiger partial charge in [0.1, 0.15) is 6.33 Å². The molecule has 0 saturated heterocycles. The minimum Gasteiger partial charge on any atom is -0.396 e. The SMILES string of the molecule is CC.OCCc1nnc2c(NI)ncnn12. The number of fused-ring (bicyclic) bond motifs is 1. The molecule has 0 radical (unpaired) electrons. The van der Waals surface area contributed by atoms with E-state index >= 15 is 0 Å². The fourth-order valence-corrected chi connectivity index (χ4v) is 1.48. The van der Waals surface area contributed by atoms with E-state index in [9.17, 15) is 0 Å². The lowest BCUT2D eigenvalue weighted by atomic mass is 10.4. The molecule has 7 nitrogen and oxygen atoms in total. The van der Waals surface area contributed by atoms with Crippen molar-refractivity contribution in [1.82, 2.24) is 24.8 Å². The standard InChI is InChI=1S/C6H7IN6O.C2H6/c7-10-5-6-12-11-4(1-2-14)13(6)9-3-8-5;1-2/h3,14H,1-2H2,(H,8,9,10);1-2H3. The summed E-state index contributed by atoms with van der Waals surface area (Å²) < 4.78 is 4.42. The molecule has 0 spiro atoms. The lowest BCUT2D eigenvalue weighted by Crippen LogP contribution is -2.03.